The molecule has 0 amide bonds. The van der Waals surface area contributed by atoms with Gasteiger partial charge in [-0.15, -0.1) is 16.1 Å². The van der Waals surface area contributed by atoms with Gasteiger partial charge in [-0.1, -0.05) is 36.8 Å². The number of hydrogen-bond acceptors (Lipinski definition) is 1. The number of aromatic nitrogens is 2. The van der Waals surface area contributed by atoms with Crippen LogP contribution in [0.4, 0.5) is 0 Å². The quantitative estimate of drug-likeness (QED) is 0.211. The van der Waals surface area contributed by atoms with Crippen molar-refractivity contribution in [3.8, 4) is 5.69 Å². The fourth-order valence-corrected chi connectivity index (χ4v) is 4.34. The van der Waals surface area contributed by atoms with E-state index >= 15 is 0 Å². The number of aryl methyl sites for hydroxylation is 2. The Morgan fingerprint density at radius 3 is 2.75 bits per heavy atom. The summed E-state index contributed by atoms with van der Waals surface area (Å²) in [7, 11) is 0. The minimum absolute atomic E-state index is 0. The summed E-state index contributed by atoms with van der Waals surface area (Å²) in [5.74, 6) is 1.16. The molecule has 0 saturated heterocycles. The molecule has 2 nitrogen and oxygen atoms in total. The van der Waals surface area contributed by atoms with Crippen molar-refractivity contribution in [3.05, 3.63) is 65.0 Å². The Morgan fingerprint density at radius 1 is 1.12 bits per heavy atom. The zero-order valence-electron chi connectivity index (χ0n) is 13.9. The Hall–Kier alpha value is -3.08. The van der Waals surface area contributed by atoms with E-state index in [0.29, 0.717) is 0 Å². The fourth-order valence-electron chi connectivity index (χ4n) is 3.92. The molecule has 2 heterocycles. The van der Waals surface area contributed by atoms with E-state index in [1.54, 1.807) is 0 Å². The van der Waals surface area contributed by atoms with Crippen molar-refractivity contribution < 1.29 is 0 Å². The van der Waals surface area contributed by atoms with Gasteiger partial charge < -0.3 is 4.57 Å². The van der Waals surface area contributed by atoms with Crippen LogP contribution in [0.1, 0.15) is 22.5 Å². The summed E-state index contributed by atoms with van der Waals surface area (Å²) < 4.78 is 3.86. The molecule has 119 valence electrons. The van der Waals surface area contributed by atoms with Gasteiger partial charge in [0.05, 0.1) is 0 Å². The summed E-state index contributed by atoms with van der Waals surface area (Å²) in [6, 6.07) is 16.5. The molecule has 4 aromatic rings. The number of hydrogen-bond donors (Lipinski definition) is 0. The molecule has 0 N–H and O–H groups in total. The van der Waals surface area contributed by atoms with Gasteiger partial charge in [-0.2, -0.15) is 12.1 Å². The molecule has 0 bridgehead atoms. The maximum absolute atomic E-state index is 4.88. The monoisotopic (exact) mass is 558 g/mol. The first-order valence-electron chi connectivity index (χ1n) is 8.06. The molecule has 0 spiro atoms. The normalized spacial score (nSPS) is 12.2. The van der Waals surface area contributed by atoms with Crippen LogP contribution >= 0.6 is 0 Å². The van der Waals surface area contributed by atoms with Crippen molar-refractivity contribution in [2.75, 3.05) is 0 Å². The van der Waals surface area contributed by atoms with Crippen LogP contribution in [0.15, 0.2) is 36.4 Å². The topological polar surface area (TPSA) is 17.8 Å². The summed E-state index contributed by atoms with van der Waals surface area (Å²) in [6.45, 7) is 4.40. The second-order valence-electron chi connectivity index (χ2n) is 6.56. The third kappa shape index (κ3) is 1.64. The van der Waals surface area contributed by atoms with Gasteiger partial charge in [0.15, 0.2) is 0 Å². The first-order chi connectivity index (χ1) is 11.1. The Labute approximate surface area is 143 Å². The number of imidazole rings is 1. The van der Waals surface area contributed by atoms with E-state index in [9.17, 15) is 0 Å². The van der Waals surface area contributed by atoms with Crippen LogP contribution in [-0.4, -0.2) is 25.8 Å². The molecule has 3 aromatic carbocycles. The van der Waals surface area contributed by atoms with Crippen LogP contribution in [0, 0.1) is 19.9 Å². The number of benzene rings is 3. The van der Waals surface area contributed by atoms with Crippen LogP contribution < -0.4 is 4.43 Å². The Bertz CT molecular complexity index is 1130. The molecule has 1 radical (unpaired) electrons. The standard InChI is InChI=1S/C20H14N2.Al.Bk.2H/c1-12-5-3-7-14-9-10-15-11-17-21-16-8-4-6-13(2)19(16)22(17)20(15)18(12)14;;;;/h3-4,7-10H,11H2,1-2H3;;;;/q-1;;;;. The van der Waals surface area contributed by atoms with E-state index in [1.807, 2.05) is 6.07 Å². The van der Waals surface area contributed by atoms with Crippen molar-refractivity contribution in [2.24, 2.45) is 0 Å². The molecule has 4 heteroatoms. The van der Waals surface area contributed by atoms with E-state index in [0.717, 1.165) is 34.1 Å². The first kappa shape index (κ1) is 14.5. The molecule has 1 aliphatic heterocycles. The fraction of sp³-hybridized carbons (Fsp3) is 0.150. The molecule has 1 aliphatic rings. The predicted molar refractivity (Wildman–Crippen MR) is 97.9 cm³/mol. The average Bonchev–Trinajstić information content (AvgIpc) is 3.06. The Kier molecular flexibility index (Phi) is 2.85. The number of fused-ring (bicyclic) bond motifs is 7. The minimum Gasteiger partial charge on any atom is -0.350 e. The van der Waals surface area contributed by atoms with Gasteiger partial charge in [-0.05, 0) is 28.9 Å². The van der Waals surface area contributed by atoms with Crippen molar-refractivity contribution >= 4 is 42.5 Å². The van der Waals surface area contributed by atoms with Crippen molar-refractivity contribution in [1.29, 1.82) is 0 Å². The smallest absolute Gasteiger partial charge is 0.259 e. The molecule has 0 atom stereocenters. The molecule has 24 heavy (non-hydrogen) atoms. The SMILES string of the molecule is Cc1[c]([AlH2])ccc2ccc3c(c12)-n1c(nc2cc[c-]c(C)c21)C3.[Bk]. The molecule has 0 unspecified atom stereocenters. The maximum atomic E-state index is 4.88. The molecular formula is C20H16AlBkN2-. The van der Waals surface area contributed by atoms with Gasteiger partial charge >= 0.3 is 0 Å². The van der Waals surface area contributed by atoms with E-state index in [2.05, 4.69) is 54.8 Å². The van der Waals surface area contributed by atoms with Crippen LogP contribution in [0.3, 0.4) is 0 Å². The van der Waals surface area contributed by atoms with Gasteiger partial charge in [-0.25, -0.2) is 0 Å². The summed E-state index contributed by atoms with van der Waals surface area (Å²) in [4.78, 5) is 4.88. The van der Waals surface area contributed by atoms with E-state index in [-0.39, 0.29) is 0 Å². The first-order valence-corrected chi connectivity index (χ1v) is 9.06. The zero-order chi connectivity index (χ0) is 15.7. The summed E-state index contributed by atoms with van der Waals surface area (Å²) in [5.41, 5.74) is 7.63. The van der Waals surface area contributed by atoms with Gasteiger partial charge in [0.2, 0.25) is 0 Å². The van der Waals surface area contributed by atoms with Gasteiger partial charge in [0, 0.05) is 17.5 Å². The van der Waals surface area contributed by atoms with E-state index < -0.39 is 0 Å². The molecule has 5 rings (SSSR count). The summed E-state index contributed by atoms with van der Waals surface area (Å²) in [5, 5.41) is 2.73. The van der Waals surface area contributed by atoms with Crippen LogP contribution in [0.2, 0.25) is 0 Å². The van der Waals surface area contributed by atoms with E-state index in [4.69, 9.17) is 4.98 Å². The minimum atomic E-state index is 0. The Morgan fingerprint density at radius 2 is 1.92 bits per heavy atom. The molecule has 1 aromatic heterocycles. The Balaban J connectivity index is 0.00000146. The van der Waals surface area contributed by atoms with Crippen LogP contribution in [0.5, 0.6) is 0 Å². The maximum Gasteiger partial charge on any atom is 0.259 e. The van der Waals surface area contributed by atoms with Gasteiger partial charge in [0.25, 0.3) is 16.3 Å². The number of nitrogens with zero attached hydrogens (tertiary/aromatic N) is 2. The summed E-state index contributed by atoms with van der Waals surface area (Å²) >= 11 is 1.08. The average molecular weight is 558 g/mol. The van der Waals surface area contributed by atoms with Crippen LogP contribution in [-0.2, 0) is 6.42 Å². The number of rotatable bonds is 0. The molecule has 0 fully saturated rings. The second kappa shape index (κ2) is 4.71. The van der Waals surface area contributed by atoms with Crippen LogP contribution in [0.25, 0.3) is 27.5 Å². The zero-order valence-corrected chi connectivity index (χ0v) is 18.7. The van der Waals surface area contributed by atoms with Gasteiger partial charge in [-0.3, -0.25) is 4.98 Å². The molecule has 0 aliphatic carbocycles. The summed E-state index contributed by atoms with van der Waals surface area (Å²) in [6.07, 6.45) is 0.921. The van der Waals surface area contributed by atoms with Crippen molar-refractivity contribution in [1.82, 2.24) is 9.55 Å². The second-order valence-corrected chi connectivity index (χ2v) is 7.63. The molecular weight excluding hydrogens is 542 g/mol. The molecule has 0 saturated carbocycles. The van der Waals surface area contributed by atoms with Gasteiger partial charge in [0.1, 0.15) is 5.82 Å². The van der Waals surface area contributed by atoms with E-state index in [1.165, 1.54) is 43.1 Å². The van der Waals surface area contributed by atoms with Crippen molar-refractivity contribution in [3.63, 3.8) is 0 Å². The predicted octanol–water partition coefficient (Wildman–Crippen LogP) is 2.76. The third-order valence-electron chi connectivity index (χ3n) is 5.22. The largest absolute Gasteiger partial charge is 0.350 e. The van der Waals surface area contributed by atoms with Crippen molar-refractivity contribution in [2.45, 2.75) is 20.3 Å². The third-order valence-corrected chi connectivity index (χ3v) is 6.30.